The molecule has 3 aromatic rings. The van der Waals surface area contributed by atoms with Crippen molar-refractivity contribution >= 4 is 49.3 Å². The molecule has 0 amide bonds. The number of hydrogen-bond acceptors (Lipinski definition) is 6. The summed E-state index contributed by atoms with van der Waals surface area (Å²) < 4.78 is 1.17. The van der Waals surface area contributed by atoms with Crippen LogP contribution in [-0.2, 0) is 19.3 Å². The van der Waals surface area contributed by atoms with Gasteiger partial charge in [-0.15, -0.1) is 11.3 Å². The smallest absolute Gasteiger partial charge is 0.189 e. The lowest BCUT2D eigenvalue weighted by atomic mass is 10.0. The summed E-state index contributed by atoms with van der Waals surface area (Å²) in [5.74, 6) is 0.984. The molecule has 0 saturated carbocycles. The number of pyridine rings is 1. The molecular formula is C22H32N5S2+. The SMILES string of the molecule is CCCc1nc2sc3c(NCC[NH+](CC)CC)nc(SC)nc3c2c2c1CCC2. The minimum absolute atomic E-state index is 0.847. The van der Waals surface area contributed by atoms with Crippen LogP contribution >= 0.6 is 23.1 Å². The third kappa shape index (κ3) is 3.97. The quantitative estimate of drug-likeness (QED) is 0.400. The van der Waals surface area contributed by atoms with Gasteiger partial charge >= 0.3 is 0 Å². The van der Waals surface area contributed by atoms with Crippen molar-refractivity contribution < 1.29 is 4.90 Å². The number of anilines is 1. The molecule has 0 aromatic carbocycles. The Morgan fingerprint density at radius 3 is 2.59 bits per heavy atom. The maximum Gasteiger partial charge on any atom is 0.189 e. The van der Waals surface area contributed by atoms with E-state index in [0.29, 0.717) is 0 Å². The van der Waals surface area contributed by atoms with Crippen LogP contribution in [0.3, 0.4) is 0 Å². The van der Waals surface area contributed by atoms with Crippen molar-refractivity contribution in [3.8, 4) is 0 Å². The van der Waals surface area contributed by atoms with E-state index in [1.807, 2.05) is 0 Å². The number of quaternary nitrogens is 1. The van der Waals surface area contributed by atoms with E-state index in [-0.39, 0.29) is 0 Å². The number of nitrogens with one attached hydrogen (secondary N) is 2. The Kier molecular flexibility index (Phi) is 6.56. The van der Waals surface area contributed by atoms with E-state index in [4.69, 9.17) is 15.0 Å². The molecule has 0 bridgehead atoms. The Morgan fingerprint density at radius 1 is 1.07 bits per heavy atom. The molecule has 5 nitrogen and oxygen atoms in total. The molecule has 7 heteroatoms. The first-order chi connectivity index (χ1) is 14.2. The van der Waals surface area contributed by atoms with Gasteiger partial charge in [0.1, 0.15) is 10.6 Å². The van der Waals surface area contributed by atoms with Crippen molar-refractivity contribution in [1.29, 1.82) is 0 Å². The van der Waals surface area contributed by atoms with Crippen molar-refractivity contribution in [2.24, 2.45) is 0 Å². The number of thioether (sulfide) groups is 1. The van der Waals surface area contributed by atoms with Gasteiger partial charge in [-0.2, -0.15) is 0 Å². The van der Waals surface area contributed by atoms with Crippen molar-refractivity contribution in [3.05, 3.63) is 16.8 Å². The van der Waals surface area contributed by atoms with Crippen molar-refractivity contribution in [1.82, 2.24) is 15.0 Å². The molecule has 1 aliphatic carbocycles. The molecule has 0 unspecified atom stereocenters. The molecule has 0 atom stereocenters. The van der Waals surface area contributed by atoms with Crippen LogP contribution in [0.25, 0.3) is 20.4 Å². The number of thiophene rings is 1. The summed E-state index contributed by atoms with van der Waals surface area (Å²) in [5, 5.41) is 5.77. The van der Waals surface area contributed by atoms with Crippen LogP contribution in [0.5, 0.6) is 0 Å². The fraction of sp³-hybridized carbons (Fsp3) is 0.591. The maximum absolute atomic E-state index is 5.12. The standard InChI is InChI=1S/C22H31N5S2/c1-5-9-16-14-10-8-11-15(14)17-18-19(29-21(17)24-16)20(26-22(25-18)28-4)23-12-13-27(6-2)7-3/h5-13H2,1-4H3,(H,23,25,26)/p+1. The van der Waals surface area contributed by atoms with Gasteiger partial charge in [-0.1, -0.05) is 25.1 Å². The Bertz CT molecular complexity index is 1010. The van der Waals surface area contributed by atoms with Gasteiger partial charge in [0.2, 0.25) is 0 Å². The summed E-state index contributed by atoms with van der Waals surface area (Å²) in [6, 6.07) is 0. The lowest BCUT2D eigenvalue weighted by molar-refractivity contribution is -0.894. The number of aryl methyl sites for hydroxylation is 2. The van der Waals surface area contributed by atoms with Crippen molar-refractivity contribution in [3.63, 3.8) is 0 Å². The lowest BCUT2D eigenvalue weighted by Gasteiger charge is -2.16. The predicted molar refractivity (Wildman–Crippen MR) is 126 cm³/mol. The fourth-order valence-corrected chi connectivity index (χ4v) is 5.93. The highest BCUT2D eigenvalue weighted by atomic mass is 32.2. The number of hydrogen-bond donors (Lipinski definition) is 2. The molecule has 0 fully saturated rings. The molecule has 0 aliphatic heterocycles. The van der Waals surface area contributed by atoms with Gasteiger partial charge in [0, 0.05) is 11.1 Å². The first-order valence-electron chi connectivity index (χ1n) is 11.0. The highest BCUT2D eigenvalue weighted by molar-refractivity contribution is 7.98. The topological polar surface area (TPSA) is 55.1 Å². The van der Waals surface area contributed by atoms with E-state index < -0.39 is 0 Å². The Morgan fingerprint density at radius 2 is 1.86 bits per heavy atom. The molecule has 3 heterocycles. The van der Waals surface area contributed by atoms with Gasteiger partial charge in [-0.3, -0.25) is 0 Å². The molecule has 156 valence electrons. The second-order valence-corrected chi connectivity index (χ2v) is 9.54. The summed E-state index contributed by atoms with van der Waals surface area (Å²) in [6.07, 6.45) is 7.84. The molecule has 1 aliphatic rings. The third-order valence-corrected chi connectivity index (χ3v) is 7.67. The molecule has 0 radical (unpaired) electrons. The minimum Gasteiger partial charge on any atom is -0.363 e. The zero-order valence-electron chi connectivity index (χ0n) is 18.0. The molecule has 0 spiro atoms. The van der Waals surface area contributed by atoms with E-state index in [1.54, 1.807) is 28.0 Å². The van der Waals surface area contributed by atoms with Crippen LogP contribution in [0.2, 0.25) is 0 Å². The normalized spacial score (nSPS) is 13.7. The lowest BCUT2D eigenvalue weighted by Crippen LogP contribution is -3.12. The van der Waals surface area contributed by atoms with Crippen LogP contribution in [0.15, 0.2) is 5.16 Å². The summed E-state index contributed by atoms with van der Waals surface area (Å²) >= 11 is 3.39. The van der Waals surface area contributed by atoms with Crippen LogP contribution in [0.1, 0.15) is 50.4 Å². The van der Waals surface area contributed by atoms with E-state index in [1.165, 1.54) is 39.7 Å². The summed E-state index contributed by atoms with van der Waals surface area (Å²) in [5.41, 5.74) is 5.43. The van der Waals surface area contributed by atoms with E-state index in [2.05, 4.69) is 32.3 Å². The molecule has 4 rings (SSSR count). The monoisotopic (exact) mass is 430 g/mol. The molecule has 3 aromatic heterocycles. The van der Waals surface area contributed by atoms with Gasteiger partial charge < -0.3 is 10.2 Å². The van der Waals surface area contributed by atoms with Crippen LogP contribution in [0.4, 0.5) is 5.82 Å². The first kappa shape index (κ1) is 20.8. The van der Waals surface area contributed by atoms with Gasteiger partial charge in [-0.25, -0.2) is 15.0 Å². The van der Waals surface area contributed by atoms with Gasteiger partial charge in [0.15, 0.2) is 5.16 Å². The van der Waals surface area contributed by atoms with Gasteiger partial charge in [-0.05, 0) is 56.9 Å². The van der Waals surface area contributed by atoms with Crippen LogP contribution in [-0.4, -0.2) is 47.4 Å². The minimum atomic E-state index is 0.847. The average molecular weight is 431 g/mol. The van der Waals surface area contributed by atoms with Crippen molar-refractivity contribution in [2.45, 2.75) is 58.0 Å². The first-order valence-corrected chi connectivity index (χ1v) is 13.0. The number of rotatable bonds is 9. The Balaban J connectivity index is 1.80. The van der Waals surface area contributed by atoms with Crippen LogP contribution in [0, 0.1) is 0 Å². The summed E-state index contributed by atoms with van der Waals surface area (Å²) in [6.45, 7) is 11.1. The summed E-state index contributed by atoms with van der Waals surface area (Å²) in [4.78, 5) is 17.6. The number of fused-ring (bicyclic) bond motifs is 5. The number of likely N-dealkylation sites (N-methyl/N-ethyl adjacent to an activating group) is 1. The Hall–Kier alpha value is -1.44. The van der Waals surface area contributed by atoms with Crippen molar-refractivity contribution in [2.75, 3.05) is 37.8 Å². The van der Waals surface area contributed by atoms with Gasteiger partial charge in [0.05, 0.1) is 36.4 Å². The highest BCUT2D eigenvalue weighted by Crippen LogP contribution is 2.42. The fourth-order valence-electron chi connectivity index (χ4n) is 4.44. The largest absolute Gasteiger partial charge is 0.363 e. The highest BCUT2D eigenvalue weighted by Gasteiger charge is 2.24. The second kappa shape index (κ2) is 9.14. The van der Waals surface area contributed by atoms with Gasteiger partial charge in [0.25, 0.3) is 0 Å². The molecule has 29 heavy (non-hydrogen) atoms. The van der Waals surface area contributed by atoms with E-state index in [9.17, 15) is 0 Å². The summed E-state index contributed by atoms with van der Waals surface area (Å²) in [7, 11) is 0. The zero-order chi connectivity index (χ0) is 20.4. The predicted octanol–water partition coefficient (Wildman–Crippen LogP) is 3.74. The average Bonchev–Trinajstić information content (AvgIpc) is 3.35. The zero-order valence-corrected chi connectivity index (χ0v) is 19.7. The molecule has 2 N–H and O–H groups in total. The molecular weight excluding hydrogens is 398 g/mol. The second-order valence-electron chi connectivity index (χ2n) is 7.77. The number of nitrogens with zero attached hydrogens (tertiary/aromatic N) is 3. The van der Waals surface area contributed by atoms with E-state index in [0.717, 1.165) is 66.8 Å². The van der Waals surface area contributed by atoms with Crippen LogP contribution < -0.4 is 10.2 Å². The number of aromatic nitrogens is 3. The maximum atomic E-state index is 5.12. The third-order valence-electron chi connectivity index (χ3n) is 6.04. The van der Waals surface area contributed by atoms with E-state index >= 15 is 0 Å². The Labute approximate surface area is 181 Å². The molecule has 0 saturated heterocycles.